The number of ether oxygens (including phenoxy) is 2. The van der Waals surface area contributed by atoms with Crippen LogP contribution in [0.2, 0.25) is 0 Å². The molecule has 1 atom stereocenters. The molecule has 0 bridgehead atoms. The standard InChI is InChI=1S/C14H20O3/c1-4-13(15)14(2,16-3)11-17-10-12-8-6-5-7-9-12/h5-9H,4,10-11H2,1-3H3. The topological polar surface area (TPSA) is 35.5 Å². The molecule has 0 aliphatic heterocycles. The minimum absolute atomic E-state index is 0.0630. The van der Waals surface area contributed by atoms with Crippen LogP contribution in [0.15, 0.2) is 30.3 Å². The first-order chi connectivity index (χ1) is 8.12. The van der Waals surface area contributed by atoms with Crippen LogP contribution in [0.4, 0.5) is 0 Å². The maximum atomic E-state index is 11.7. The number of ketones is 1. The zero-order valence-corrected chi connectivity index (χ0v) is 10.7. The highest BCUT2D eigenvalue weighted by Crippen LogP contribution is 2.14. The fourth-order valence-corrected chi connectivity index (χ4v) is 1.57. The first-order valence-corrected chi connectivity index (χ1v) is 5.82. The molecule has 3 heteroatoms. The third-order valence-electron chi connectivity index (χ3n) is 2.85. The van der Waals surface area contributed by atoms with Gasteiger partial charge >= 0.3 is 0 Å². The van der Waals surface area contributed by atoms with Gasteiger partial charge in [0.15, 0.2) is 5.78 Å². The molecule has 1 aromatic rings. The van der Waals surface area contributed by atoms with E-state index in [-0.39, 0.29) is 12.4 Å². The van der Waals surface area contributed by atoms with Crippen molar-refractivity contribution in [1.29, 1.82) is 0 Å². The highest BCUT2D eigenvalue weighted by atomic mass is 16.5. The Morgan fingerprint density at radius 1 is 1.29 bits per heavy atom. The van der Waals surface area contributed by atoms with Crippen molar-refractivity contribution in [2.75, 3.05) is 13.7 Å². The van der Waals surface area contributed by atoms with Crippen molar-refractivity contribution in [3.8, 4) is 0 Å². The summed E-state index contributed by atoms with van der Waals surface area (Å²) in [7, 11) is 1.54. The maximum absolute atomic E-state index is 11.7. The largest absolute Gasteiger partial charge is 0.373 e. The summed E-state index contributed by atoms with van der Waals surface area (Å²) in [6.45, 7) is 4.38. The Hall–Kier alpha value is -1.19. The molecule has 1 unspecified atom stereocenters. The van der Waals surface area contributed by atoms with Crippen molar-refractivity contribution in [2.24, 2.45) is 0 Å². The molecule has 0 fully saturated rings. The van der Waals surface area contributed by atoms with E-state index in [0.29, 0.717) is 13.0 Å². The Balaban J connectivity index is 2.46. The van der Waals surface area contributed by atoms with E-state index in [4.69, 9.17) is 9.47 Å². The molecule has 0 amide bonds. The Morgan fingerprint density at radius 2 is 1.94 bits per heavy atom. The van der Waals surface area contributed by atoms with Crippen molar-refractivity contribution in [3.05, 3.63) is 35.9 Å². The third-order valence-corrected chi connectivity index (χ3v) is 2.85. The fraction of sp³-hybridized carbons (Fsp3) is 0.500. The molecule has 0 N–H and O–H groups in total. The first-order valence-electron chi connectivity index (χ1n) is 5.82. The molecule has 17 heavy (non-hydrogen) atoms. The molecule has 0 heterocycles. The normalized spacial score (nSPS) is 14.3. The Kier molecular flexibility index (Phi) is 5.32. The molecule has 3 nitrogen and oxygen atoms in total. The van der Waals surface area contributed by atoms with Gasteiger partial charge in [0.05, 0.1) is 13.2 Å². The minimum atomic E-state index is -0.830. The number of carbonyl (C=O) groups is 1. The maximum Gasteiger partial charge on any atom is 0.166 e. The van der Waals surface area contributed by atoms with Crippen molar-refractivity contribution in [1.82, 2.24) is 0 Å². The lowest BCUT2D eigenvalue weighted by Crippen LogP contribution is -2.41. The van der Waals surface area contributed by atoms with Crippen LogP contribution in [-0.2, 0) is 20.9 Å². The van der Waals surface area contributed by atoms with E-state index in [1.54, 1.807) is 14.0 Å². The van der Waals surface area contributed by atoms with Crippen LogP contribution in [-0.4, -0.2) is 25.1 Å². The Labute approximate surface area is 103 Å². The smallest absolute Gasteiger partial charge is 0.166 e. The molecule has 0 aromatic heterocycles. The van der Waals surface area contributed by atoms with Gasteiger partial charge in [-0.15, -0.1) is 0 Å². The van der Waals surface area contributed by atoms with Crippen molar-refractivity contribution >= 4 is 5.78 Å². The number of methoxy groups -OCH3 is 1. The molecule has 0 radical (unpaired) electrons. The second kappa shape index (κ2) is 6.52. The summed E-state index contributed by atoms with van der Waals surface area (Å²) >= 11 is 0. The van der Waals surface area contributed by atoms with E-state index in [9.17, 15) is 4.79 Å². The van der Waals surface area contributed by atoms with Crippen LogP contribution in [0.5, 0.6) is 0 Å². The van der Waals surface area contributed by atoms with E-state index >= 15 is 0 Å². The summed E-state index contributed by atoms with van der Waals surface area (Å²) in [4.78, 5) is 11.7. The average Bonchev–Trinajstić information content (AvgIpc) is 2.38. The molecule has 0 spiro atoms. The van der Waals surface area contributed by atoms with Gasteiger partial charge in [0, 0.05) is 13.5 Å². The molecule has 1 rings (SSSR count). The first kappa shape index (κ1) is 13.9. The number of rotatable bonds is 7. The lowest BCUT2D eigenvalue weighted by molar-refractivity contribution is -0.146. The SMILES string of the molecule is CCC(=O)C(C)(COCc1ccccc1)OC. The van der Waals surface area contributed by atoms with Gasteiger partial charge in [-0.3, -0.25) is 4.79 Å². The summed E-state index contributed by atoms with van der Waals surface area (Å²) in [6, 6.07) is 9.87. The lowest BCUT2D eigenvalue weighted by Gasteiger charge is -2.25. The van der Waals surface area contributed by atoms with Gasteiger partial charge in [0.25, 0.3) is 0 Å². The Bertz CT molecular complexity index is 348. The molecule has 0 saturated carbocycles. The highest BCUT2D eigenvalue weighted by molar-refractivity contribution is 5.86. The van der Waals surface area contributed by atoms with E-state index in [1.165, 1.54) is 0 Å². The van der Waals surface area contributed by atoms with E-state index in [1.807, 2.05) is 37.3 Å². The zero-order valence-electron chi connectivity index (χ0n) is 10.7. The van der Waals surface area contributed by atoms with Crippen LogP contribution in [0.3, 0.4) is 0 Å². The molecule has 0 aliphatic rings. The van der Waals surface area contributed by atoms with Crippen LogP contribution < -0.4 is 0 Å². The number of Topliss-reactive ketones (excluding diaryl/α,β-unsaturated/α-hetero) is 1. The zero-order chi connectivity index (χ0) is 12.7. The number of benzene rings is 1. The summed E-state index contributed by atoms with van der Waals surface area (Å²) < 4.78 is 10.8. The minimum Gasteiger partial charge on any atom is -0.373 e. The predicted octanol–water partition coefficient (Wildman–Crippen LogP) is 2.59. The van der Waals surface area contributed by atoms with Crippen molar-refractivity contribution < 1.29 is 14.3 Å². The van der Waals surface area contributed by atoms with Gasteiger partial charge in [0.1, 0.15) is 5.60 Å². The van der Waals surface area contributed by atoms with Crippen LogP contribution >= 0.6 is 0 Å². The third kappa shape index (κ3) is 3.95. The summed E-state index contributed by atoms with van der Waals surface area (Å²) in [5, 5.41) is 0. The van der Waals surface area contributed by atoms with Gasteiger partial charge in [-0.05, 0) is 12.5 Å². The molecular formula is C14H20O3. The number of carbonyl (C=O) groups excluding carboxylic acids is 1. The van der Waals surface area contributed by atoms with Crippen LogP contribution in [0.1, 0.15) is 25.8 Å². The predicted molar refractivity (Wildman–Crippen MR) is 66.8 cm³/mol. The second-order valence-electron chi connectivity index (χ2n) is 4.19. The number of hydrogen-bond donors (Lipinski definition) is 0. The van der Waals surface area contributed by atoms with E-state index in [2.05, 4.69) is 0 Å². The fourth-order valence-electron chi connectivity index (χ4n) is 1.57. The van der Waals surface area contributed by atoms with Crippen LogP contribution in [0, 0.1) is 0 Å². The molecule has 1 aromatic carbocycles. The summed E-state index contributed by atoms with van der Waals surface area (Å²) in [5.41, 5.74) is 0.263. The summed E-state index contributed by atoms with van der Waals surface area (Å²) in [5.74, 6) is 0.0630. The number of hydrogen-bond acceptors (Lipinski definition) is 3. The van der Waals surface area contributed by atoms with Gasteiger partial charge < -0.3 is 9.47 Å². The molecule has 94 valence electrons. The lowest BCUT2D eigenvalue weighted by atomic mass is 10.00. The van der Waals surface area contributed by atoms with Crippen molar-refractivity contribution in [2.45, 2.75) is 32.5 Å². The Morgan fingerprint density at radius 3 is 2.47 bits per heavy atom. The highest BCUT2D eigenvalue weighted by Gasteiger charge is 2.31. The molecular weight excluding hydrogens is 216 g/mol. The molecule has 0 aliphatic carbocycles. The van der Waals surface area contributed by atoms with Crippen LogP contribution in [0.25, 0.3) is 0 Å². The van der Waals surface area contributed by atoms with E-state index < -0.39 is 5.60 Å². The molecule has 0 saturated heterocycles. The second-order valence-corrected chi connectivity index (χ2v) is 4.19. The summed E-state index contributed by atoms with van der Waals surface area (Å²) in [6.07, 6.45) is 0.457. The average molecular weight is 236 g/mol. The van der Waals surface area contributed by atoms with Gasteiger partial charge in [-0.25, -0.2) is 0 Å². The van der Waals surface area contributed by atoms with Gasteiger partial charge in [-0.2, -0.15) is 0 Å². The quantitative estimate of drug-likeness (QED) is 0.730. The van der Waals surface area contributed by atoms with Gasteiger partial charge in [-0.1, -0.05) is 37.3 Å². The van der Waals surface area contributed by atoms with Gasteiger partial charge in [0.2, 0.25) is 0 Å². The monoisotopic (exact) mass is 236 g/mol. The van der Waals surface area contributed by atoms with E-state index in [0.717, 1.165) is 5.56 Å². The van der Waals surface area contributed by atoms with Crippen molar-refractivity contribution in [3.63, 3.8) is 0 Å².